The maximum Gasteiger partial charge on any atom is 0.157 e. The van der Waals surface area contributed by atoms with Crippen molar-refractivity contribution in [1.82, 2.24) is 0 Å². The van der Waals surface area contributed by atoms with E-state index in [1.54, 1.807) is 12.1 Å². The number of hydrogen-bond acceptors (Lipinski definition) is 2. The van der Waals surface area contributed by atoms with E-state index in [4.69, 9.17) is 0 Å². The fourth-order valence-corrected chi connectivity index (χ4v) is 2.07. The molecule has 70 valence electrons. The molecule has 2 N–H and O–H groups in total. The highest BCUT2D eigenvalue weighted by molar-refractivity contribution is 5.49. The van der Waals surface area contributed by atoms with Crippen LogP contribution in [0.1, 0.15) is 30.9 Å². The molecule has 2 unspecified atom stereocenters. The standard InChI is InChI=1S/C11H14O2/c1-6-3-8-4-10(12)11(13)5-9(8)7(6)2/h4-7,12-13H,3H2,1-2H3. The third-order valence-electron chi connectivity index (χ3n) is 3.12. The van der Waals surface area contributed by atoms with Gasteiger partial charge in [-0.15, -0.1) is 0 Å². The minimum absolute atomic E-state index is 0.0000463. The number of phenols is 2. The molecule has 1 aromatic rings. The second-order valence-electron chi connectivity index (χ2n) is 4.01. The van der Waals surface area contributed by atoms with Gasteiger partial charge in [-0.3, -0.25) is 0 Å². The molecule has 2 atom stereocenters. The maximum absolute atomic E-state index is 9.34. The first-order chi connectivity index (χ1) is 6.09. The van der Waals surface area contributed by atoms with Gasteiger partial charge in [-0.25, -0.2) is 0 Å². The summed E-state index contributed by atoms with van der Waals surface area (Å²) in [4.78, 5) is 0. The summed E-state index contributed by atoms with van der Waals surface area (Å²) in [6.45, 7) is 4.35. The zero-order valence-electron chi connectivity index (χ0n) is 7.91. The molecule has 0 saturated heterocycles. The minimum atomic E-state index is -0.000278. The summed E-state index contributed by atoms with van der Waals surface area (Å²) >= 11 is 0. The summed E-state index contributed by atoms with van der Waals surface area (Å²) < 4.78 is 0. The third-order valence-corrected chi connectivity index (χ3v) is 3.12. The molecule has 1 aliphatic rings. The lowest BCUT2D eigenvalue weighted by atomic mass is 9.96. The Morgan fingerprint density at radius 1 is 1.15 bits per heavy atom. The fourth-order valence-electron chi connectivity index (χ4n) is 2.07. The lowest BCUT2D eigenvalue weighted by Crippen LogP contribution is -1.97. The normalized spacial score (nSPS) is 26.0. The number of rotatable bonds is 0. The monoisotopic (exact) mass is 178 g/mol. The second-order valence-corrected chi connectivity index (χ2v) is 4.01. The number of benzene rings is 1. The van der Waals surface area contributed by atoms with Gasteiger partial charge in [-0.1, -0.05) is 13.8 Å². The molecule has 0 heterocycles. The van der Waals surface area contributed by atoms with E-state index in [9.17, 15) is 10.2 Å². The van der Waals surface area contributed by atoms with Crippen LogP contribution in [0.25, 0.3) is 0 Å². The molecule has 0 spiro atoms. The molecule has 0 fully saturated rings. The summed E-state index contributed by atoms with van der Waals surface area (Å²) in [5.74, 6) is 1.09. The van der Waals surface area contributed by atoms with Crippen LogP contribution in [0, 0.1) is 5.92 Å². The molecular weight excluding hydrogens is 164 g/mol. The number of fused-ring (bicyclic) bond motifs is 1. The maximum atomic E-state index is 9.34. The van der Waals surface area contributed by atoms with Gasteiger partial charge in [0, 0.05) is 0 Å². The highest BCUT2D eigenvalue weighted by atomic mass is 16.3. The highest BCUT2D eigenvalue weighted by Crippen LogP contribution is 2.41. The molecule has 1 aliphatic carbocycles. The Morgan fingerprint density at radius 3 is 2.46 bits per heavy atom. The van der Waals surface area contributed by atoms with E-state index in [1.807, 2.05) is 0 Å². The van der Waals surface area contributed by atoms with Gasteiger partial charge < -0.3 is 10.2 Å². The van der Waals surface area contributed by atoms with Crippen molar-refractivity contribution in [2.24, 2.45) is 5.92 Å². The van der Waals surface area contributed by atoms with Crippen LogP contribution in [0.15, 0.2) is 12.1 Å². The van der Waals surface area contributed by atoms with Crippen molar-refractivity contribution in [3.63, 3.8) is 0 Å². The van der Waals surface area contributed by atoms with E-state index in [0.717, 1.165) is 6.42 Å². The van der Waals surface area contributed by atoms with E-state index in [1.165, 1.54) is 11.1 Å². The number of phenolic OH excluding ortho intramolecular Hbond substituents is 2. The predicted molar refractivity (Wildman–Crippen MR) is 51.1 cm³/mol. The van der Waals surface area contributed by atoms with E-state index >= 15 is 0 Å². The van der Waals surface area contributed by atoms with Crippen LogP contribution in [0.5, 0.6) is 11.5 Å². The van der Waals surface area contributed by atoms with Gasteiger partial charge in [0.05, 0.1) is 0 Å². The van der Waals surface area contributed by atoms with Crippen LogP contribution in [-0.2, 0) is 6.42 Å². The second kappa shape index (κ2) is 2.66. The van der Waals surface area contributed by atoms with Crippen molar-refractivity contribution < 1.29 is 10.2 Å². The van der Waals surface area contributed by atoms with Crippen LogP contribution in [-0.4, -0.2) is 10.2 Å². The van der Waals surface area contributed by atoms with Gasteiger partial charge in [-0.2, -0.15) is 0 Å². The van der Waals surface area contributed by atoms with Crippen LogP contribution < -0.4 is 0 Å². The average Bonchev–Trinajstić information content (AvgIpc) is 2.32. The molecule has 1 aromatic carbocycles. The molecule has 2 rings (SSSR count). The summed E-state index contributed by atoms with van der Waals surface area (Å²) in [7, 11) is 0. The van der Waals surface area contributed by atoms with E-state index in [2.05, 4.69) is 13.8 Å². The molecule has 13 heavy (non-hydrogen) atoms. The highest BCUT2D eigenvalue weighted by Gasteiger charge is 2.26. The van der Waals surface area contributed by atoms with Crippen LogP contribution in [0.3, 0.4) is 0 Å². The van der Waals surface area contributed by atoms with Gasteiger partial charge >= 0.3 is 0 Å². The van der Waals surface area contributed by atoms with Crippen LogP contribution >= 0.6 is 0 Å². The van der Waals surface area contributed by atoms with E-state index < -0.39 is 0 Å². The quantitative estimate of drug-likeness (QED) is 0.599. The Hall–Kier alpha value is -1.18. The molecular formula is C11H14O2. The van der Waals surface area contributed by atoms with Gasteiger partial charge in [-0.05, 0) is 41.5 Å². The van der Waals surface area contributed by atoms with Crippen molar-refractivity contribution in [2.75, 3.05) is 0 Å². The van der Waals surface area contributed by atoms with Gasteiger partial charge in [0.1, 0.15) is 0 Å². The topological polar surface area (TPSA) is 40.5 Å². The third kappa shape index (κ3) is 1.17. The van der Waals surface area contributed by atoms with E-state index in [-0.39, 0.29) is 11.5 Å². The molecule has 2 nitrogen and oxygen atoms in total. The Bertz CT molecular complexity index is 344. The van der Waals surface area contributed by atoms with Gasteiger partial charge in [0.2, 0.25) is 0 Å². The number of hydrogen-bond donors (Lipinski definition) is 2. The van der Waals surface area contributed by atoms with Crippen LogP contribution in [0.4, 0.5) is 0 Å². The zero-order chi connectivity index (χ0) is 9.59. The first-order valence-electron chi connectivity index (χ1n) is 4.64. The molecule has 0 aliphatic heterocycles. The molecule has 2 heteroatoms. The van der Waals surface area contributed by atoms with Crippen molar-refractivity contribution >= 4 is 0 Å². The zero-order valence-corrected chi connectivity index (χ0v) is 7.91. The Labute approximate surface area is 77.8 Å². The van der Waals surface area contributed by atoms with Crippen molar-refractivity contribution in [1.29, 1.82) is 0 Å². The molecule has 0 bridgehead atoms. The first kappa shape index (κ1) is 8.42. The molecule has 0 aromatic heterocycles. The fraction of sp³-hybridized carbons (Fsp3) is 0.455. The van der Waals surface area contributed by atoms with Gasteiger partial charge in [0.25, 0.3) is 0 Å². The smallest absolute Gasteiger partial charge is 0.157 e. The number of aromatic hydroxyl groups is 2. The first-order valence-corrected chi connectivity index (χ1v) is 4.64. The molecule has 0 amide bonds. The minimum Gasteiger partial charge on any atom is -0.504 e. The Kier molecular flexibility index (Phi) is 1.72. The van der Waals surface area contributed by atoms with Crippen LogP contribution in [0.2, 0.25) is 0 Å². The summed E-state index contributed by atoms with van der Waals surface area (Å²) in [5, 5.41) is 18.6. The summed E-state index contributed by atoms with van der Waals surface area (Å²) in [6, 6.07) is 3.38. The summed E-state index contributed by atoms with van der Waals surface area (Å²) in [5.41, 5.74) is 2.36. The molecule has 0 saturated carbocycles. The van der Waals surface area contributed by atoms with Crippen molar-refractivity contribution in [2.45, 2.75) is 26.2 Å². The Morgan fingerprint density at radius 2 is 1.77 bits per heavy atom. The lowest BCUT2D eigenvalue weighted by Gasteiger charge is -2.09. The summed E-state index contributed by atoms with van der Waals surface area (Å²) in [6.07, 6.45) is 1.00. The predicted octanol–water partition coefficient (Wildman–Crippen LogP) is 2.39. The van der Waals surface area contributed by atoms with Gasteiger partial charge in [0.15, 0.2) is 11.5 Å². The largest absolute Gasteiger partial charge is 0.504 e. The van der Waals surface area contributed by atoms with Crippen molar-refractivity contribution in [3.05, 3.63) is 23.3 Å². The average molecular weight is 178 g/mol. The molecule has 0 radical (unpaired) electrons. The van der Waals surface area contributed by atoms with Crippen molar-refractivity contribution in [3.8, 4) is 11.5 Å². The SMILES string of the molecule is CC1Cc2cc(O)c(O)cc2C1C. The Balaban J connectivity index is 2.53. The lowest BCUT2D eigenvalue weighted by molar-refractivity contribution is 0.402. The van der Waals surface area contributed by atoms with E-state index in [0.29, 0.717) is 11.8 Å².